The van der Waals surface area contributed by atoms with Gasteiger partial charge in [-0.3, -0.25) is 4.79 Å². The van der Waals surface area contributed by atoms with Gasteiger partial charge in [0.15, 0.2) is 0 Å². The van der Waals surface area contributed by atoms with Gasteiger partial charge in [-0.05, 0) is 58.3 Å². The number of carbonyl (C=O) groups excluding carboxylic acids is 1. The number of nitrogens with zero attached hydrogens (tertiary/aromatic N) is 2. The highest BCUT2D eigenvalue weighted by Gasteiger charge is 2.28. The van der Waals surface area contributed by atoms with E-state index < -0.39 is 0 Å². The normalized spacial score (nSPS) is 20.8. The molecule has 2 heterocycles. The average Bonchev–Trinajstić information content (AvgIpc) is 3.02. The van der Waals surface area contributed by atoms with E-state index in [4.69, 9.17) is 4.52 Å². The molecule has 1 aliphatic rings. The summed E-state index contributed by atoms with van der Waals surface area (Å²) in [5.74, 6) is 2.01. The third-order valence-electron chi connectivity index (χ3n) is 4.95. The Kier molecular flexibility index (Phi) is 8.41. The van der Waals surface area contributed by atoms with Crippen LogP contribution in [0.3, 0.4) is 0 Å². The number of hydrogen-bond acceptors (Lipinski definition) is 5. The second-order valence-corrected chi connectivity index (χ2v) is 7.46. The van der Waals surface area contributed by atoms with Crippen LogP contribution in [-0.2, 0) is 17.6 Å². The summed E-state index contributed by atoms with van der Waals surface area (Å²) in [6.07, 6.45) is 5.80. The van der Waals surface area contributed by atoms with Gasteiger partial charge < -0.3 is 20.1 Å². The Morgan fingerprint density at radius 2 is 2.28 bits per heavy atom. The maximum absolute atomic E-state index is 12.2. The van der Waals surface area contributed by atoms with Crippen LogP contribution in [0.15, 0.2) is 10.6 Å². The van der Waals surface area contributed by atoms with E-state index in [2.05, 4.69) is 33.7 Å². The molecular formula is C19H34N4O2. The van der Waals surface area contributed by atoms with E-state index in [1.165, 1.54) is 0 Å². The second kappa shape index (κ2) is 10.6. The molecule has 0 aromatic carbocycles. The van der Waals surface area contributed by atoms with Crippen molar-refractivity contribution in [1.82, 2.24) is 20.7 Å². The van der Waals surface area contributed by atoms with Gasteiger partial charge >= 0.3 is 0 Å². The van der Waals surface area contributed by atoms with Crippen LogP contribution in [0.5, 0.6) is 0 Å². The summed E-state index contributed by atoms with van der Waals surface area (Å²) in [7, 11) is 4.03. The molecule has 0 radical (unpaired) electrons. The Hall–Kier alpha value is -1.40. The van der Waals surface area contributed by atoms with Crippen molar-refractivity contribution >= 4 is 5.91 Å². The van der Waals surface area contributed by atoms with E-state index >= 15 is 0 Å². The highest BCUT2D eigenvalue weighted by atomic mass is 16.5. The number of unbranched alkanes of at least 4 members (excludes halogenated alkanes) is 1. The Morgan fingerprint density at radius 3 is 3.04 bits per heavy atom. The number of rotatable bonds is 10. The van der Waals surface area contributed by atoms with Crippen LogP contribution < -0.4 is 10.6 Å². The van der Waals surface area contributed by atoms with Gasteiger partial charge in [0, 0.05) is 32.0 Å². The van der Waals surface area contributed by atoms with Gasteiger partial charge in [-0.1, -0.05) is 18.5 Å². The van der Waals surface area contributed by atoms with Gasteiger partial charge in [-0.2, -0.15) is 0 Å². The van der Waals surface area contributed by atoms with Crippen LogP contribution in [0.2, 0.25) is 0 Å². The van der Waals surface area contributed by atoms with Crippen LogP contribution in [0.1, 0.15) is 44.1 Å². The molecule has 25 heavy (non-hydrogen) atoms. The Balaban J connectivity index is 1.83. The molecule has 0 saturated carbocycles. The van der Waals surface area contributed by atoms with Gasteiger partial charge in [-0.25, -0.2) is 0 Å². The zero-order chi connectivity index (χ0) is 18.1. The van der Waals surface area contributed by atoms with E-state index in [1.807, 2.05) is 14.1 Å². The lowest BCUT2D eigenvalue weighted by atomic mass is 9.81. The number of nitrogens with one attached hydrogen (secondary N) is 2. The molecule has 2 rings (SSSR count). The quantitative estimate of drug-likeness (QED) is 0.674. The second-order valence-electron chi connectivity index (χ2n) is 7.46. The third kappa shape index (κ3) is 7.16. The van der Waals surface area contributed by atoms with Crippen LogP contribution in [-0.4, -0.2) is 56.2 Å². The number of aromatic nitrogens is 1. The van der Waals surface area contributed by atoms with Gasteiger partial charge in [-0.15, -0.1) is 0 Å². The predicted molar refractivity (Wildman–Crippen MR) is 99.5 cm³/mol. The summed E-state index contributed by atoms with van der Waals surface area (Å²) in [5, 5.41) is 10.7. The summed E-state index contributed by atoms with van der Waals surface area (Å²) in [4.78, 5) is 14.3. The minimum atomic E-state index is 0.169. The average molecular weight is 351 g/mol. The number of carbonyl (C=O) groups is 1. The van der Waals surface area contributed by atoms with E-state index in [0.29, 0.717) is 24.8 Å². The minimum absolute atomic E-state index is 0.169. The number of aryl methyl sites for hydroxylation is 1. The third-order valence-corrected chi connectivity index (χ3v) is 4.95. The fourth-order valence-corrected chi connectivity index (χ4v) is 3.40. The van der Waals surface area contributed by atoms with Crippen molar-refractivity contribution in [3.8, 4) is 0 Å². The first kappa shape index (κ1) is 19.9. The van der Waals surface area contributed by atoms with Crippen LogP contribution in [0, 0.1) is 11.8 Å². The lowest BCUT2D eigenvalue weighted by molar-refractivity contribution is -0.122. The van der Waals surface area contributed by atoms with E-state index in [0.717, 1.165) is 63.2 Å². The van der Waals surface area contributed by atoms with Crippen molar-refractivity contribution in [2.75, 3.05) is 40.3 Å². The summed E-state index contributed by atoms with van der Waals surface area (Å²) < 4.78 is 5.45. The van der Waals surface area contributed by atoms with Crippen molar-refractivity contribution < 1.29 is 9.32 Å². The maximum atomic E-state index is 12.2. The fourth-order valence-electron chi connectivity index (χ4n) is 3.40. The molecule has 0 bridgehead atoms. The number of piperidine rings is 1. The van der Waals surface area contributed by atoms with Crippen LogP contribution >= 0.6 is 0 Å². The van der Waals surface area contributed by atoms with Crippen LogP contribution in [0.25, 0.3) is 0 Å². The van der Waals surface area contributed by atoms with Gasteiger partial charge in [0.2, 0.25) is 5.91 Å². The molecule has 1 aromatic heterocycles. The molecule has 2 atom stereocenters. The van der Waals surface area contributed by atoms with Gasteiger partial charge in [0.1, 0.15) is 5.76 Å². The van der Waals surface area contributed by atoms with E-state index in [-0.39, 0.29) is 5.91 Å². The molecule has 1 fully saturated rings. The molecule has 0 aliphatic carbocycles. The Morgan fingerprint density at radius 1 is 1.44 bits per heavy atom. The molecule has 142 valence electrons. The highest BCUT2D eigenvalue weighted by Crippen LogP contribution is 2.26. The smallest absolute Gasteiger partial charge is 0.220 e. The number of amides is 1. The number of likely N-dealkylation sites (N-methyl/N-ethyl adjacent to an activating group) is 1. The molecule has 0 spiro atoms. The Labute approximate surface area is 151 Å². The first-order valence-electron chi connectivity index (χ1n) is 9.65. The van der Waals surface area contributed by atoms with Crippen molar-refractivity contribution in [3.63, 3.8) is 0 Å². The van der Waals surface area contributed by atoms with Gasteiger partial charge in [0.05, 0.1) is 5.69 Å². The maximum Gasteiger partial charge on any atom is 0.220 e. The standard InChI is InChI=1S/C19H34N4O2/c1-4-5-6-18-13-17(22-25-18)11-16-14-20-8-7-15(16)12-19(24)21-9-10-23(2)3/h13,15-16,20H,4-12,14H2,1-3H3,(H,21,24)/t15-,16-/m0/s1. The summed E-state index contributed by atoms with van der Waals surface area (Å²) >= 11 is 0. The molecule has 1 aliphatic heterocycles. The number of hydrogen-bond donors (Lipinski definition) is 2. The lowest BCUT2D eigenvalue weighted by Crippen LogP contribution is -2.41. The molecule has 6 nitrogen and oxygen atoms in total. The van der Waals surface area contributed by atoms with E-state index in [1.54, 1.807) is 0 Å². The Bertz CT molecular complexity index is 515. The summed E-state index contributed by atoms with van der Waals surface area (Å²) in [6, 6.07) is 2.10. The SMILES string of the molecule is CCCCc1cc(C[C@H]2CNCC[C@H]2CC(=O)NCCN(C)C)no1. The fraction of sp³-hybridized carbons (Fsp3) is 0.789. The largest absolute Gasteiger partial charge is 0.361 e. The topological polar surface area (TPSA) is 70.4 Å². The molecule has 1 amide bonds. The van der Waals surface area contributed by atoms with Crippen molar-refractivity contribution in [3.05, 3.63) is 17.5 Å². The molecular weight excluding hydrogens is 316 g/mol. The monoisotopic (exact) mass is 350 g/mol. The zero-order valence-corrected chi connectivity index (χ0v) is 16.0. The lowest BCUT2D eigenvalue weighted by Gasteiger charge is -2.31. The molecule has 1 aromatic rings. The van der Waals surface area contributed by atoms with Gasteiger partial charge in [0.25, 0.3) is 0 Å². The molecule has 2 N–H and O–H groups in total. The van der Waals surface area contributed by atoms with Crippen molar-refractivity contribution in [1.29, 1.82) is 0 Å². The van der Waals surface area contributed by atoms with E-state index in [9.17, 15) is 4.79 Å². The summed E-state index contributed by atoms with van der Waals surface area (Å²) in [5.41, 5.74) is 1.03. The van der Waals surface area contributed by atoms with Crippen molar-refractivity contribution in [2.45, 2.75) is 45.4 Å². The summed E-state index contributed by atoms with van der Waals surface area (Å²) in [6.45, 7) is 5.71. The highest BCUT2D eigenvalue weighted by molar-refractivity contribution is 5.76. The molecule has 1 saturated heterocycles. The van der Waals surface area contributed by atoms with Crippen LogP contribution in [0.4, 0.5) is 0 Å². The minimum Gasteiger partial charge on any atom is -0.361 e. The first-order valence-corrected chi connectivity index (χ1v) is 9.65. The first-order chi connectivity index (χ1) is 12.1. The van der Waals surface area contributed by atoms with Crippen molar-refractivity contribution in [2.24, 2.45) is 11.8 Å². The zero-order valence-electron chi connectivity index (χ0n) is 16.0. The predicted octanol–water partition coefficient (Wildman–Crippen LogP) is 1.85. The molecule has 6 heteroatoms. The molecule has 0 unspecified atom stereocenters.